The first-order chi connectivity index (χ1) is 12.3. The van der Waals surface area contributed by atoms with Gasteiger partial charge in [-0.3, -0.25) is 9.36 Å². The monoisotopic (exact) mass is 327 g/mol. The lowest BCUT2D eigenvalue weighted by Crippen LogP contribution is -2.15. The normalized spacial score (nSPS) is 11.4. The molecule has 2 aromatic carbocycles. The third-order valence-corrected chi connectivity index (χ3v) is 4.07. The molecule has 0 aromatic heterocycles. The molecule has 1 N–H and O–H groups in total. The highest BCUT2D eigenvalue weighted by Gasteiger charge is 2.14. The zero-order valence-corrected chi connectivity index (χ0v) is 13.6. The molecule has 0 fully saturated rings. The van der Waals surface area contributed by atoms with Crippen molar-refractivity contribution in [2.45, 2.75) is 6.42 Å². The SMILES string of the molecule is O=c1c(Cc2ccccc2)nc2c[nH]c(/C=C/c3ccccc3)cn1-2. The molecule has 4 heteroatoms. The van der Waals surface area contributed by atoms with Gasteiger partial charge in [0, 0.05) is 18.8 Å². The van der Waals surface area contributed by atoms with Gasteiger partial charge < -0.3 is 4.98 Å². The van der Waals surface area contributed by atoms with Gasteiger partial charge in [-0.25, -0.2) is 4.98 Å². The van der Waals surface area contributed by atoms with Crippen molar-refractivity contribution in [1.82, 2.24) is 14.5 Å². The zero-order valence-electron chi connectivity index (χ0n) is 13.6. The molecule has 0 spiro atoms. The van der Waals surface area contributed by atoms with Crippen LogP contribution in [0.15, 0.2) is 77.9 Å². The smallest absolute Gasteiger partial charge is 0.278 e. The highest BCUT2D eigenvalue weighted by molar-refractivity contribution is 5.67. The second-order valence-corrected chi connectivity index (χ2v) is 5.87. The molecule has 2 aliphatic rings. The summed E-state index contributed by atoms with van der Waals surface area (Å²) in [5.41, 5.74) is 3.52. The van der Waals surface area contributed by atoms with Gasteiger partial charge in [0.25, 0.3) is 5.56 Å². The van der Waals surface area contributed by atoms with Gasteiger partial charge >= 0.3 is 0 Å². The second-order valence-electron chi connectivity index (χ2n) is 5.87. The minimum atomic E-state index is -0.0674. The standard InChI is InChI=1S/C21H17N3O/c25-21-19(13-17-9-5-2-6-10-17)23-20-14-22-18(15-24(20)21)12-11-16-7-3-1-4-8-16/h1-12,14-15,22H,13H2/b12-11+. The van der Waals surface area contributed by atoms with E-state index in [1.807, 2.05) is 72.8 Å². The van der Waals surface area contributed by atoms with Crippen molar-refractivity contribution in [3.63, 3.8) is 0 Å². The van der Waals surface area contributed by atoms with Crippen LogP contribution in [0.2, 0.25) is 0 Å². The van der Waals surface area contributed by atoms with Crippen molar-refractivity contribution < 1.29 is 0 Å². The molecule has 2 aliphatic heterocycles. The molecule has 4 nitrogen and oxygen atoms in total. The van der Waals surface area contributed by atoms with E-state index in [0.717, 1.165) is 16.8 Å². The molecule has 0 bridgehead atoms. The van der Waals surface area contributed by atoms with Crippen LogP contribution in [0.25, 0.3) is 18.0 Å². The third kappa shape index (κ3) is 3.28. The Balaban J connectivity index is 1.65. The van der Waals surface area contributed by atoms with Crippen LogP contribution in [0, 0.1) is 0 Å². The summed E-state index contributed by atoms with van der Waals surface area (Å²) >= 11 is 0. The minimum absolute atomic E-state index is 0.0674. The second kappa shape index (κ2) is 6.61. The predicted octanol–water partition coefficient (Wildman–Crippen LogP) is 3.76. The Labute approximate surface area is 145 Å². The number of nitrogens with one attached hydrogen (secondary N) is 1. The van der Waals surface area contributed by atoms with Gasteiger partial charge in [0.05, 0.1) is 5.69 Å². The maximum absolute atomic E-state index is 12.6. The first-order valence-corrected chi connectivity index (χ1v) is 8.16. The van der Waals surface area contributed by atoms with E-state index in [2.05, 4.69) is 9.97 Å². The summed E-state index contributed by atoms with van der Waals surface area (Å²) in [6, 6.07) is 19.9. The van der Waals surface area contributed by atoms with E-state index in [0.29, 0.717) is 17.9 Å². The van der Waals surface area contributed by atoms with E-state index >= 15 is 0 Å². The number of aromatic amines is 1. The molecule has 0 unspecified atom stereocenters. The van der Waals surface area contributed by atoms with Crippen LogP contribution in [-0.4, -0.2) is 14.5 Å². The largest absolute Gasteiger partial charge is 0.357 e. The van der Waals surface area contributed by atoms with E-state index in [1.165, 1.54) is 0 Å². The molecule has 25 heavy (non-hydrogen) atoms. The van der Waals surface area contributed by atoms with Crippen LogP contribution in [0.4, 0.5) is 0 Å². The Morgan fingerprint density at radius 3 is 2.44 bits per heavy atom. The number of hydrogen-bond acceptors (Lipinski definition) is 2. The molecule has 2 aromatic rings. The van der Waals surface area contributed by atoms with Crippen molar-refractivity contribution in [1.29, 1.82) is 0 Å². The first kappa shape index (κ1) is 15.1. The predicted molar refractivity (Wildman–Crippen MR) is 100.0 cm³/mol. The highest BCUT2D eigenvalue weighted by Crippen LogP contribution is 2.12. The minimum Gasteiger partial charge on any atom is -0.357 e. The molecule has 122 valence electrons. The molecule has 4 rings (SSSR count). The summed E-state index contributed by atoms with van der Waals surface area (Å²) in [5.74, 6) is 0.632. The summed E-state index contributed by atoms with van der Waals surface area (Å²) in [6.07, 6.45) is 8.05. The Bertz CT molecular complexity index is 1030. The number of nitrogens with zero attached hydrogens (tertiary/aromatic N) is 2. The summed E-state index contributed by atoms with van der Waals surface area (Å²) in [6.45, 7) is 0. The Hall–Kier alpha value is -3.40. The molecule has 0 radical (unpaired) electrons. The number of benzene rings is 2. The van der Waals surface area contributed by atoms with Crippen LogP contribution in [0.1, 0.15) is 22.5 Å². The lowest BCUT2D eigenvalue weighted by atomic mass is 10.1. The van der Waals surface area contributed by atoms with Gasteiger partial charge in [-0.05, 0) is 17.2 Å². The van der Waals surface area contributed by atoms with Gasteiger partial charge in [0.2, 0.25) is 0 Å². The molecular formula is C21H17N3O. The average Bonchev–Trinajstić information content (AvgIpc) is 2.97. The Kier molecular flexibility index (Phi) is 4.01. The van der Waals surface area contributed by atoms with E-state index in [9.17, 15) is 4.79 Å². The van der Waals surface area contributed by atoms with Gasteiger partial charge in [0.15, 0.2) is 5.82 Å². The third-order valence-electron chi connectivity index (χ3n) is 4.07. The fourth-order valence-corrected chi connectivity index (χ4v) is 2.78. The molecule has 0 aliphatic carbocycles. The fourth-order valence-electron chi connectivity index (χ4n) is 2.78. The summed E-state index contributed by atoms with van der Waals surface area (Å²) in [4.78, 5) is 20.3. The summed E-state index contributed by atoms with van der Waals surface area (Å²) < 4.78 is 1.60. The quantitative estimate of drug-likeness (QED) is 0.620. The first-order valence-electron chi connectivity index (χ1n) is 8.16. The number of hydrogen-bond donors (Lipinski definition) is 1. The van der Waals surface area contributed by atoms with E-state index in [-0.39, 0.29) is 5.56 Å². The molecular weight excluding hydrogens is 310 g/mol. The Morgan fingerprint density at radius 1 is 0.960 bits per heavy atom. The average molecular weight is 327 g/mol. The maximum atomic E-state index is 12.6. The summed E-state index contributed by atoms with van der Waals surface area (Å²) in [7, 11) is 0. The number of rotatable bonds is 4. The van der Waals surface area contributed by atoms with Crippen molar-refractivity contribution in [3.05, 3.63) is 106 Å². The molecule has 0 atom stereocenters. The van der Waals surface area contributed by atoms with E-state index < -0.39 is 0 Å². The Morgan fingerprint density at radius 2 is 1.68 bits per heavy atom. The van der Waals surface area contributed by atoms with Crippen molar-refractivity contribution >= 4 is 12.2 Å². The molecule has 0 saturated carbocycles. The number of imidazole rings is 1. The van der Waals surface area contributed by atoms with Gasteiger partial charge in [-0.1, -0.05) is 66.7 Å². The van der Waals surface area contributed by atoms with Crippen LogP contribution < -0.4 is 5.56 Å². The highest BCUT2D eigenvalue weighted by atomic mass is 16.1. The number of H-pyrrole nitrogens is 1. The van der Waals surface area contributed by atoms with Crippen molar-refractivity contribution in [2.75, 3.05) is 0 Å². The van der Waals surface area contributed by atoms with Crippen molar-refractivity contribution in [3.8, 4) is 5.82 Å². The molecule has 0 amide bonds. The molecule has 2 heterocycles. The fraction of sp³-hybridized carbons (Fsp3) is 0.0476. The zero-order chi connectivity index (χ0) is 17.1. The van der Waals surface area contributed by atoms with Crippen LogP contribution in [-0.2, 0) is 6.42 Å². The number of aromatic nitrogens is 3. The van der Waals surface area contributed by atoms with Crippen molar-refractivity contribution in [2.24, 2.45) is 0 Å². The maximum Gasteiger partial charge on any atom is 0.278 e. The summed E-state index contributed by atoms with van der Waals surface area (Å²) in [5, 5.41) is 0. The van der Waals surface area contributed by atoms with Gasteiger partial charge in [-0.2, -0.15) is 0 Å². The van der Waals surface area contributed by atoms with E-state index in [4.69, 9.17) is 0 Å². The van der Waals surface area contributed by atoms with Crippen LogP contribution in [0.3, 0.4) is 0 Å². The molecule has 0 saturated heterocycles. The lowest BCUT2D eigenvalue weighted by Gasteiger charge is -2.02. The van der Waals surface area contributed by atoms with Gasteiger partial charge in [-0.15, -0.1) is 0 Å². The van der Waals surface area contributed by atoms with E-state index in [1.54, 1.807) is 17.0 Å². The topological polar surface area (TPSA) is 50.7 Å². The van der Waals surface area contributed by atoms with Crippen LogP contribution >= 0.6 is 0 Å². The van der Waals surface area contributed by atoms with Gasteiger partial charge in [0.1, 0.15) is 5.69 Å². The number of fused-ring (bicyclic) bond motifs is 1. The van der Waals surface area contributed by atoms with Crippen LogP contribution in [0.5, 0.6) is 0 Å². The lowest BCUT2D eigenvalue weighted by molar-refractivity contribution is 0.961.